The van der Waals surface area contributed by atoms with Crippen molar-refractivity contribution in [2.45, 2.75) is 6.54 Å². The summed E-state index contributed by atoms with van der Waals surface area (Å²) in [5, 5.41) is 9.07. The van der Waals surface area contributed by atoms with E-state index in [2.05, 4.69) is 10.4 Å². The van der Waals surface area contributed by atoms with Gasteiger partial charge in [0.05, 0.1) is 11.4 Å². The summed E-state index contributed by atoms with van der Waals surface area (Å²) in [7, 11) is 0. The van der Waals surface area contributed by atoms with Crippen LogP contribution in [0.4, 0.5) is 5.69 Å². The second-order valence-corrected chi connectivity index (χ2v) is 5.46. The van der Waals surface area contributed by atoms with Crippen LogP contribution in [-0.4, -0.2) is 9.78 Å². The largest absolute Gasteiger partial charge is 0.379 e. The first-order chi connectivity index (χ1) is 10.2. The Morgan fingerprint density at radius 3 is 2.48 bits per heavy atom. The minimum atomic E-state index is 0.685. The molecule has 3 aromatic rings. The fourth-order valence-electron chi connectivity index (χ4n) is 2.06. The molecule has 0 aliphatic carbocycles. The van der Waals surface area contributed by atoms with E-state index in [4.69, 9.17) is 23.2 Å². The van der Waals surface area contributed by atoms with Crippen LogP contribution in [0.15, 0.2) is 60.9 Å². The summed E-state index contributed by atoms with van der Waals surface area (Å²) in [5.41, 5.74) is 3.03. The maximum Gasteiger partial charge on any atom is 0.0877 e. The van der Waals surface area contributed by atoms with Gasteiger partial charge in [0, 0.05) is 29.0 Å². The van der Waals surface area contributed by atoms with Crippen molar-refractivity contribution in [3.8, 4) is 5.69 Å². The van der Waals surface area contributed by atoms with E-state index < -0.39 is 0 Å². The van der Waals surface area contributed by atoms with Crippen LogP contribution in [0.1, 0.15) is 5.56 Å². The lowest BCUT2D eigenvalue weighted by Gasteiger charge is -2.13. The monoisotopic (exact) mass is 317 g/mol. The zero-order valence-electron chi connectivity index (χ0n) is 11.1. The number of nitrogens with one attached hydrogen (secondary N) is 1. The molecule has 0 aliphatic rings. The summed E-state index contributed by atoms with van der Waals surface area (Å²) in [6, 6.07) is 15.3. The van der Waals surface area contributed by atoms with E-state index in [9.17, 15) is 0 Å². The fraction of sp³-hybridized carbons (Fsp3) is 0.0625. The highest BCUT2D eigenvalue weighted by molar-refractivity contribution is 6.31. The predicted molar refractivity (Wildman–Crippen MR) is 87.4 cm³/mol. The highest BCUT2D eigenvalue weighted by Gasteiger charge is 2.06. The summed E-state index contributed by atoms with van der Waals surface area (Å²) in [6.07, 6.45) is 3.65. The Labute approximate surface area is 133 Å². The second-order valence-electron chi connectivity index (χ2n) is 4.59. The van der Waals surface area contributed by atoms with Crippen molar-refractivity contribution in [2.24, 2.45) is 0 Å². The Balaban J connectivity index is 1.84. The lowest BCUT2D eigenvalue weighted by atomic mass is 10.2. The van der Waals surface area contributed by atoms with Gasteiger partial charge in [0.15, 0.2) is 0 Å². The van der Waals surface area contributed by atoms with Gasteiger partial charge in [-0.1, -0.05) is 35.3 Å². The molecule has 21 heavy (non-hydrogen) atoms. The molecule has 0 bridgehead atoms. The number of anilines is 1. The Hall–Kier alpha value is -1.97. The molecule has 0 aliphatic heterocycles. The van der Waals surface area contributed by atoms with Crippen LogP contribution in [0.2, 0.25) is 10.0 Å². The molecule has 0 radical (unpaired) electrons. The Morgan fingerprint density at radius 1 is 1.00 bits per heavy atom. The third-order valence-corrected chi connectivity index (χ3v) is 3.59. The van der Waals surface area contributed by atoms with E-state index in [0.717, 1.165) is 22.0 Å². The van der Waals surface area contributed by atoms with E-state index in [0.29, 0.717) is 11.6 Å². The van der Waals surface area contributed by atoms with Gasteiger partial charge < -0.3 is 5.32 Å². The van der Waals surface area contributed by atoms with Gasteiger partial charge in [0.1, 0.15) is 0 Å². The molecule has 0 atom stereocenters. The van der Waals surface area contributed by atoms with Crippen LogP contribution >= 0.6 is 23.2 Å². The maximum absolute atomic E-state index is 6.09. The molecule has 0 unspecified atom stereocenters. The third kappa shape index (κ3) is 3.38. The molecule has 0 saturated heterocycles. The Kier molecular flexibility index (Phi) is 4.13. The molecule has 0 amide bonds. The minimum Gasteiger partial charge on any atom is -0.379 e. The van der Waals surface area contributed by atoms with E-state index in [-0.39, 0.29) is 0 Å². The first-order valence-electron chi connectivity index (χ1n) is 6.50. The zero-order valence-corrected chi connectivity index (χ0v) is 12.6. The SMILES string of the molecule is Clc1ccc(CNc2cc(Cl)ccc2-n2cccn2)cc1. The molecule has 106 valence electrons. The summed E-state index contributed by atoms with van der Waals surface area (Å²) in [5.74, 6) is 0. The number of halogens is 2. The van der Waals surface area contributed by atoms with Crippen LogP contribution < -0.4 is 5.32 Å². The summed E-state index contributed by atoms with van der Waals surface area (Å²) in [6.45, 7) is 0.686. The first kappa shape index (κ1) is 14.0. The zero-order chi connectivity index (χ0) is 14.7. The van der Waals surface area contributed by atoms with Gasteiger partial charge in [-0.25, -0.2) is 4.68 Å². The normalized spacial score (nSPS) is 10.6. The lowest BCUT2D eigenvalue weighted by Crippen LogP contribution is -2.04. The van der Waals surface area contributed by atoms with Gasteiger partial charge in [-0.05, 0) is 42.0 Å². The van der Waals surface area contributed by atoms with Crippen molar-refractivity contribution < 1.29 is 0 Å². The number of nitrogens with zero attached hydrogens (tertiary/aromatic N) is 2. The molecule has 3 rings (SSSR count). The van der Waals surface area contributed by atoms with Gasteiger partial charge >= 0.3 is 0 Å². The van der Waals surface area contributed by atoms with Crippen LogP contribution in [-0.2, 0) is 6.54 Å². The molecular formula is C16H13Cl2N3. The topological polar surface area (TPSA) is 29.9 Å². The standard InChI is InChI=1S/C16H13Cl2N3/c17-13-4-2-12(3-5-13)11-19-15-10-14(18)6-7-16(15)21-9-1-8-20-21/h1-10,19H,11H2. The highest BCUT2D eigenvalue weighted by atomic mass is 35.5. The van der Waals surface area contributed by atoms with Crippen LogP contribution in [0.5, 0.6) is 0 Å². The number of benzene rings is 2. The molecule has 0 spiro atoms. The van der Waals surface area contributed by atoms with Crippen molar-refractivity contribution in [1.82, 2.24) is 9.78 Å². The van der Waals surface area contributed by atoms with Crippen LogP contribution in [0.3, 0.4) is 0 Å². The van der Waals surface area contributed by atoms with E-state index in [1.165, 1.54) is 0 Å². The maximum atomic E-state index is 6.09. The summed E-state index contributed by atoms with van der Waals surface area (Å²) < 4.78 is 1.81. The molecule has 1 N–H and O–H groups in total. The second kappa shape index (κ2) is 6.20. The quantitative estimate of drug-likeness (QED) is 0.749. The molecule has 0 saturated carbocycles. The first-order valence-corrected chi connectivity index (χ1v) is 7.26. The Bertz CT molecular complexity index is 722. The van der Waals surface area contributed by atoms with Crippen LogP contribution in [0.25, 0.3) is 5.69 Å². The van der Waals surface area contributed by atoms with Gasteiger partial charge in [0.25, 0.3) is 0 Å². The van der Waals surface area contributed by atoms with Crippen molar-refractivity contribution in [2.75, 3.05) is 5.32 Å². The van der Waals surface area contributed by atoms with E-state index >= 15 is 0 Å². The van der Waals surface area contributed by atoms with Gasteiger partial charge in [-0.2, -0.15) is 5.10 Å². The summed E-state index contributed by atoms with van der Waals surface area (Å²) >= 11 is 12.0. The number of hydrogen-bond acceptors (Lipinski definition) is 2. The number of aromatic nitrogens is 2. The summed E-state index contributed by atoms with van der Waals surface area (Å²) in [4.78, 5) is 0. The average molecular weight is 318 g/mol. The molecule has 3 nitrogen and oxygen atoms in total. The average Bonchev–Trinajstić information content (AvgIpc) is 3.01. The third-order valence-electron chi connectivity index (χ3n) is 3.11. The van der Waals surface area contributed by atoms with Gasteiger partial charge in [0.2, 0.25) is 0 Å². The van der Waals surface area contributed by atoms with Crippen molar-refractivity contribution >= 4 is 28.9 Å². The molecule has 0 fully saturated rings. The predicted octanol–water partition coefficient (Wildman–Crippen LogP) is 4.79. The molecular weight excluding hydrogens is 305 g/mol. The van der Waals surface area contributed by atoms with E-state index in [1.54, 1.807) is 10.9 Å². The van der Waals surface area contributed by atoms with Crippen molar-refractivity contribution in [1.29, 1.82) is 0 Å². The fourth-order valence-corrected chi connectivity index (χ4v) is 2.36. The van der Waals surface area contributed by atoms with Crippen molar-refractivity contribution in [3.05, 3.63) is 76.5 Å². The molecule has 1 heterocycles. The van der Waals surface area contributed by atoms with Crippen LogP contribution in [0, 0.1) is 0 Å². The minimum absolute atomic E-state index is 0.685. The lowest BCUT2D eigenvalue weighted by molar-refractivity contribution is 0.879. The van der Waals surface area contributed by atoms with Crippen molar-refractivity contribution in [3.63, 3.8) is 0 Å². The van der Waals surface area contributed by atoms with Gasteiger partial charge in [-0.15, -0.1) is 0 Å². The molecule has 1 aromatic heterocycles. The smallest absolute Gasteiger partial charge is 0.0877 e. The Morgan fingerprint density at radius 2 is 1.76 bits per heavy atom. The highest BCUT2D eigenvalue weighted by Crippen LogP contribution is 2.24. The molecule has 5 heteroatoms. The molecule has 2 aromatic carbocycles. The number of rotatable bonds is 4. The number of hydrogen-bond donors (Lipinski definition) is 1. The van der Waals surface area contributed by atoms with Gasteiger partial charge in [-0.3, -0.25) is 0 Å². The van der Waals surface area contributed by atoms with E-state index in [1.807, 2.05) is 54.7 Å².